The SMILES string of the molecule is Cc1cc(C(Cl)(Cl)[N+](=O)[O-])on1. The van der Waals surface area contributed by atoms with Crippen LogP contribution >= 0.6 is 23.2 Å². The second-order valence-electron chi connectivity index (χ2n) is 2.13. The molecule has 0 fully saturated rings. The summed E-state index contributed by atoms with van der Waals surface area (Å²) in [5.74, 6) is -0.187. The van der Waals surface area contributed by atoms with Crippen molar-refractivity contribution in [1.29, 1.82) is 0 Å². The van der Waals surface area contributed by atoms with Crippen LogP contribution in [0.4, 0.5) is 0 Å². The van der Waals surface area contributed by atoms with Gasteiger partial charge in [0.05, 0.1) is 10.6 Å². The summed E-state index contributed by atoms with van der Waals surface area (Å²) in [5.41, 5.74) is 0.484. The van der Waals surface area contributed by atoms with Crippen LogP contribution in [0, 0.1) is 17.0 Å². The van der Waals surface area contributed by atoms with Crippen molar-refractivity contribution in [2.75, 3.05) is 0 Å². The van der Waals surface area contributed by atoms with Gasteiger partial charge in [0, 0.05) is 6.07 Å². The van der Waals surface area contributed by atoms with E-state index in [1.54, 1.807) is 6.92 Å². The molecular formula is C5H4Cl2N2O3. The average molecular weight is 211 g/mol. The number of hydrogen-bond donors (Lipinski definition) is 0. The van der Waals surface area contributed by atoms with Gasteiger partial charge in [0.25, 0.3) is 0 Å². The van der Waals surface area contributed by atoms with Gasteiger partial charge in [-0.1, -0.05) is 5.16 Å². The van der Waals surface area contributed by atoms with E-state index in [9.17, 15) is 10.1 Å². The number of alkyl halides is 2. The summed E-state index contributed by atoms with van der Waals surface area (Å²) >= 11 is 10.7. The molecule has 0 amide bonds. The summed E-state index contributed by atoms with van der Waals surface area (Å²) in [6.45, 7) is 1.61. The van der Waals surface area contributed by atoms with Crippen LogP contribution in [0.3, 0.4) is 0 Å². The van der Waals surface area contributed by atoms with Gasteiger partial charge in [-0.2, -0.15) is 0 Å². The zero-order valence-electron chi connectivity index (χ0n) is 5.95. The third-order valence-corrected chi connectivity index (χ3v) is 1.80. The number of rotatable bonds is 2. The molecule has 0 spiro atoms. The summed E-state index contributed by atoms with van der Waals surface area (Å²) in [5, 5.41) is 13.7. The average Bonchev–Trinajstić information content (AvgIpc) is 2.35. The molecule has 7 heteroatoms. The number of aromatic nitrogens is 1. The number of hydrogen-bond acceptors (Lipinski definition) is 4. The first kappa shape index (κ1) is 9.28. The lowest BCUT2D eigenvalue weighted by Crippen LogP contribution is -2.21. The molecule has 0 radical (unpaired) electrons. The minimum atomic E-state index is -2.25. The van der Waals surface area contributed by atoms with Gasteiger partial charge in [-0.25, -0.2) is 0 Å². The van der Waals surface area contributed by atoms with E-state index in [0.29, 0.717) is 5.69 Å². The highest BCUT2D eigenvalue weighted by Crippen LogP contribution is 2.34. The Balaban J connectivity index is 3.05. The molecule has 1 aromatic heterocycles. The molecule has 1 rings (SSSR count). The first-order valence-corrected chi connectivity index (χ1v) is 3.66. The van der Waals surface area contributed by atoms with Gasteiger partial charge in [-0.15, -0.1) is 0 Å². The molecule has 1 aromatic rings. The van der Waals surface area contributed by atoms with Crippen LogP contribution in [0.25, 0.3) is 0 Å². The predicted octanol–water partition coefficient (Wildman–Crippen LogP) is 1.85. The molecule has 0 aromatic carbocycles. The van der Waals surface area contributed by atoms with E-state index in [-0.39, 0.29) is 5.76 Å². The van der Waals surface area contributed by atoms with Crippen molar-refractivity contribution in [2.45, 2.75) is 11.4 Å². The molecule has 66 valence electrons. The van der Waals surface area contributed by atoms with E-state index < -0.39 is 9.38 Å². The maximum atomic E-state index is 10.3. The molecule has 0 aliphatic rings. The standard InChI is InChI=1S/C5H4Cl2N2O3/c1-3-2-4(12-8-3)5(6,7)9(10)11/h2H,1H3. The highest BCUT2D eigenvalue weighted by atomic mass is 35.5. The van der Waals surface area contributed by atoms with Crippen LogP contribution < -0.4 is 0 Å². The second-order valence-corrected chi connectivity index (χ2v) is 3.42. The molecule has 0 aliphatic carbocycles. The van der Waals surface area contributed by atoms with Gasteiger partial charge in [0.1, 0.15) is 0 Å². The summed E-state index contributed by atoms with van der Waals surface area (Å²) in [4.78, 5) is 9.42. The van der Waals surface area contributed by atoms with Crippen LogP contribution in [0.5, 0.6) is 0 Å². The third-order valence-electron chi connectivity index (χ3n) is 1.15. The van der Waals surface area contributed by atoms with Crippen LogP contribution in [-0.4, -0.2) is 10.1 Å². The summed E-state index contributed by atoms with van der Waals surface area (Å²) < 4.78 is 2.29. The molecule has 0 saturated carbocycles. The largest absolute Gasteiger partial charge is 0.431 e. The summed E-state index contributed by atoms with van der Waals surface area (Å²) in [6, 6.07) is 1.31. The molecule has 0 saturated heterocycles. The summed E-state index contributed by atoms with van der Waals surface area (Å²) in [7, 11) is 0. The van der Waals surface area contributed by atoms with Crippen molar-refractivity contribution in [3.63, 3.8) is 0 Å². The zero-order chi connectivity index (χ0) is 9.35. The fourth-order valence-corrected chi connectivity index (χ4v) is 0.773. The van der Waals surface area contributed by atoms with Gasteiger partial charge in [-0.3, -0.25) is 10.1 Å². The van der Waals surface area contributed by atoms with Crippen LogP contribution in [0.2, 0.25) is 0 Å². The Morgan fingerprint density at radius 2 is 2.33 bits per heavy atom. The Hall–Kier alpha value is -0.810. The Kier molecular flexibility index (Phi) is 2.25. The van der Waals surface area contributed by atoms with Crippen LogP contribution in [0.15, 0.2) is 10.6 Å². The fourth-order valence-electron chi connectivity index (χ4n) is 0.595. The van der Waals surface area contributed by atoms with Gasteiger partial charge >= 0.3 is 4.46 Å². The summed E-state index contributed by atoms with van der Waals surface area (Å²) in [6.07, 6.45) is 0. The molecule has 5 nitrogen and oxygen atoms in total. The van der Waals surface area contributed by atoms with Crippen molar-refractivity contribution in [3.8, 4) is 0 Å². The molecule has 0 aliphatic heterocycles. The van der Waals surface area contributed by atoms with E-state index in [0.717, 1.165) is 0 Å². The minimum absolute atomic E-state index is 0.187. The highest BCUT2D eigenvalue weighted by Gasteiger charge is 2.44. The maximum absolute atomic E-state index is 10.3. The first-order chi connectivity index (χ1) is 5.44. The molecule has 0 unspecified atom stereocenters. The monoisotopic (exact) mass is 210 g/mol. The Labute approximate surface area is 77.4 Å². The minimum Gasteiger partial charge on any atom is -0.350 e. The van der Waals surface area contributed by atoms with Gasteiger partial charge in [-0.05, 0) is 30.1 Å². The molecule has 0 bridgehead atoms. The molecule has 0 N–H and O–H groups in total. The number of nitrogens with zero attached hydrogens (tertiary/aromatic N) is 2. The topological polar surface area (TPSA) is 69.2 Å². The first-order valence-electron chi connectivity index (χ1n) is 2.90. The molecule has 0 atom stereocenters. The van der Waals surface area contributed by atoms with Gasteiger partial charge < -0.3 is 4.52 Å². The van der Waals surface area contributed by atoms with E-state index in [1.807, 2.05) is 0 Å². The van der Waals surface area contributed by atoms with Gasteiger partial charge in [0.15, 0.2) is 0 Å². The third kappa shape index (κ3) is 1.51. The highest BCUT2D eigenvalue weighted by molar-refractivity contribution is 6.46. The number of halogens is 2. The molecule has 1 heterocycles. The lowest BCUT2D eigenvalue weighted by molar-refractivity contribution is -0.526. The Bertz CT molecular complexity index is 309. The second kappa shape index (κ2) is 2.91. The van der Waals surface area contributed by atoms with Crippen molar-refractivity contribution in [3.05, 3.63) is 27.6 Å². The van der Waals surface area contributed by atoms with Crippen molar-refractivity contribution < 1.29 is 9.45 Å². The fraction of sp³-hybridized carbons (Fsp3) is 0.400. The van der Waals surface area contributed by atoms with Crippen molar-refractivity contribution in [1.82, 2.24) is 5.16 Å². The zero-order valence-corrected chi connectivity index (χ0v) is 7.46. The van der Waals surface area contributed by atoms with Crippen LogP contribution in [0.1, 0.15) is 11.5 Å². The predicted molar refractivity (Wildman–Crippen MR) is 41.6 cm³/mol. The normalized spacial score (nSPS) is 11.6. The molecular weight excluding hydrogens is 207 g/mol. The number of nitro groups is 1. The van der Waals surface area contributed by atoms with Crippen molar-refractivity contribution >= 4 is 23.2 Å². The van der Waals surface area contributed by atoms with Crippen LogP contribution in [-0.2, 0) is 4.46 Å². The van der Waals surface area contributed by atoms with Crippen molar-refractivity contribution in [2.24, 2.45) is 0 Å². The number of aryl methyl sites for hydroxylation is 1. The Morgan fingerprint density at radius 1 is 1.75 bits per heavy atom. The molecule has 12 heavy (non-hydrogen) atoms. The van der Waals surface area contributed by atoms with E-state index in [4.69, 9.17) is 23.2 Å². The quantitative estimate of drug-likeness (QED) is 0.324. The van der Waals surface area contributed by atoms with Gasteiger partial charge in [0.2, 0.25) is 5.76 Å². The smallest absolute Gasteiger partial charge is 0.350 e. The lowest BCUT2D eigenvalue weighted by Gasteiger charge is -2.04. The maximum Gasteiger partial charge on any atom is 0.431 e. The Morgan fingerprint density at radius 3 is 2.67 bits per heavy atom. The lowest BCUT2D eigenvalue weighted by atomic mass is 10.4. The van der Waals surface area contributed by atoms with E-state index in [1.165, 1.54) is 6.07 Å². The van der Waals surface area contributed by atoms with E-state index in [2.05, 4.69) is 9.68 Å². The van der Waals surface area contributed by atoms with E-state index >= 15 is 0 Å².